The first-order valence-electron chi connectivity index (χ1n) is 6.02. The van der Waals surface area contributed by atoms with Gasteiger partial charge in [0.25, 0.3) is 0 Å². The van der Waals surface area contributed by atoms with Gasteiger partial charge in [0.05, 0.1) is 12.1 Å². The zero-order valence-corrected chi connectivity index (χ0v) is 11.2. The number of nitrogens with zero attached hydrogens (tertiary/aromatic N) is 1. The first kappa shape index (κ1) is 12.9. The molecule has 18 heavy (non-hydrogen) atoms. The van der Waals surface area contributed by atoms with E-state index >= 15 is 0 Å². The quantitative estimate of drug-likeness (QED) is 0.832. The summed E-state index contributed by atoms with van der Waals surface area (Å²) in [6, 6.07) is 17.1. The van der Waals surface area contributed by atoms with E-state index in [1.807, 2.05) is 7.05 Å². The predicted molar refractivity (Wildman–Crippen MR) is 77.7 cm³/mol. The molecule has 2 aromatic carbocycles. The van der Waals surface area contributed by atoms with Crippen molar-refractivity contribution in [1.82, 2.24) is 5.32 Å². The van der Waals surface area contributed by atoms with E-state index in [1.54, 1.807) is 11.8 Å². The van der Waals surface area contributed by atoms with E-state index in [4.69, 9.17) is 5.26 Å². The van der Waals surface area contributed by atoms with E-state index < -0.39 is 0 Å². The minimum Gasteiger partial charge on any atom is -0.305 e. The molecule has 0 aromatic heterocycles. The van der Waals surface area contributed by atoms with Gasteiger partial charge in [-0.2, -0.15) is 5.26 Å². The van der Waals surface area contributed by atoms with Gasteiger partial charge in [-0.3, -0.25) is 0 Å². The summed E-state index contributed by atoms with van der Waals surface area (Å²) >= 11 is 1.80. The van der Waals surface area contributed by atoms with Crippen molar-refractivity contribution in [3.05, 3.63) is 42.5 Å². The van der Waals surface area contributed by atoms with Gasteiger partial charge < -0.3 is 5.32 Å². The molecule has 0 fully saturated rings. The number of rotatable bonds is 5. The second-order valence-corrected chi connectivity index (χ2v) is 5.28. The molecule has 0 bridgehead atoms. The van der Waals surface area contributed by atoms with Gasteiger partial charge in [-0.15, -0.1) is 11.8 Å². The fraction of sp³-hybridized carbons (Fsp3) is 0.267. The summed E-state index contributed by atoms with van der Waals surface area (Å²) in [6.07, 6.45) is 0.866. The molecule has 2 rings (SSSR count). The molecule has 0 amide bonds. The van der Waals surface area contributed by atoms with Crippen molar-refractivity contribution in [2.45, 2.75) is 17.4 Å². The van der Waals surface area contributed by atoms with E-state index in [-0.39, 0.29) is 6.04 Å². The standard InChI is InChI=1S/C15H16N2S/c1-17-14(11-16)8-9-18-15-7-6-12-4-2-3-5-13(12)10-15/h2-7,10,14,17H,8-9H2,1H3. The largest absolute Gasteiger partial charge is 0.305 e. The second-order valence-electron chi connectivity index (χ2n) is 4.12. The van der Waals surface area contributed by atoms with Gasteiger partial charge in [0.1, 0.15) is 0 Å². The fourth-order valence-electron chi connectivity index (χ4n) is 1.83. The third kappa shape index (κ3) is 3.25. The predicted octanol–water partition coefficient (Wildman–Crippen LogP) is 3.43. The van der Waals surface area contributed by atoms with Crippen molar-refractivity contribution in [2.75, 3.05) is 12.8 Å². The van der Waals surface area contributed by atoms with Crippen LogP contribution in [0.5, 0.6) is 0 Å². The summed E-state index contributed by atoms with van der Waals surface area (Å²) in [7, 11) is 1.83. The number of hydrogen-bond donors (Lipinski definition) is 1. The van der Waals surface area contributed by atoms with Gasteiger partial charge in [0.15, 0.2) is 0 Å². The van der Waals surface area contributed by atoms with Crippen LogP contribution < -0.4 is 5.32 Å². The highest BCUT2D eigenvalue weighted by molar-refractivity contribution is 7.99. The Morgan fingerprint density at radius 1 is 1.22 bits per heavy atom. The summed E-state index contributed by atoms with van der Waals surface area (Å²) in [5.41, 5.74) is 0. The van der Waals surface area contributed by atoms with E-state index in [0.29, 0.717) is 0 Å². The normalized spacial score (nSPS) is 12.2. The first-order valence-corrected chi connectivity index (χ1v) is 7.00. The first-order chi connectivity index (χ1) is 8.83. The SMILES string of the molecule is CNC(C#N)CCSc1ccc2ccccc2c1. The molecule has 2 aromatic rings. The minimum absolute atomic E-state index is 0.0436. The third-order valence-corrected chi connectivity index (χ3v) is 3.93. The molecule has 0 aliphatic rings. The highest BCUT2D eigenvalue weighted by Gasteiger charge is 2.04. The van der Waals surface area contributed by atoms with Crippen LogP contribution in [-0.2, 0) is 0 Å². The topological polar surface area (TPSA) is 35.8 Å². The molecule has 0 radical (unpaired) electrons. The van der Waals surface area contributed by atoms with E-state index in [1.165, 1.54) is 15.7 Å². The molecule has 0 saturated carbocycles. The molecule has 0 aliphatic carbocycles. The molecular weight excluding hydrogens is 240 g/mol. The molecule has 92 valence electrons. The average molecular weight is 256 g/mol. The maximum atomic E-state index is 8.84. The van der Waals surface area contributed by atoms with Crippen LogP contribution in [0.3, 0.4) is 0 Å². The lowest BCUT2D eigenvalue weighted by Crippen LogP contribution is -2.23. The Balaban J connectivity index is 1.98. The average Bonchev–Trinajstić information content (AvgIpc) is 2.43. The van der Waals surface area contributed by atoms with Crippen LogP contribution in [0, 0.1) is 11.3 Å². The summed E-state index contributed by atoms with van der Waals surface area (Å²) in [4.78, 5) is 1.27. The van der Waals surface area contributed by atoms with Gasteiger partial charge in [-0.1, -0.05) is 30.3 Å². The summed E-state index contributed by atoms with van der Waals surface area (Å²) in [5.74, 6) is 0.956. The van der Waals surface area contributed by atoms with Gasteiger partial charge in [-0.25, -0.2) is 0 Å². The van der Waals surface area contributed by atoms with Crippen molar-refractivity contribution in [3.8, 4) is 6.07 Å². The highest BCUT2D eigenvalue weighted by Crippen LogP contribution is 2.24. The Morgan fingerprint density at radius 3 is 2.72 bits per heavy atom. The number of hydrogen-bond acceptors (Lipinski definition) is 3. The van der Waals surface area contributed by atoms with Crippen LogP contribution in [0.15, 0.2) is 47.4 Å². The molecular formula is C15H16N2S. The molecule has 0 spiro atoms. The monoisotopic (exact) mass is 256 g/mol. The molecule has 3 heteroatoms. The maximum absolute atomic E-state index is 8.84. The number of nitrogens with one attached hydrogen (secondary N) is 1. The van der Waals surface area contributed by atoms with Gasteiger partial charge >= 0.3 is 0 Å². The molecule has 0 saturated heterocycles. The molecule has 0 aliphatic heterocycles. The zero-order chi connectivity index (χ0) is 12.8. The zero-order valence-electron chi connectivity index (χ0n) is 10.4. The van der Waals surface area contributed by atoms with Gasteiger partial charge in [0, 0.05) is 10.6 Å². The second kappa shape index (κ2) is 6.44. The van der Waals surface area contributed by atoms with Crippen molar-refractivity contribution >= 4 is 22.5 Å². The van der Waals surface area contributed by atoms with Crippen molar-refractivity contribution in [1.29, 1.82) is 5.26 Å². The van der Waals surface area contributed by atoms with Gasteiger partial charge in [0.2, 0.25) is 0 Å². The Kier molecular flexibility index (Phi) is 4.63. The Bertz CT molecular complexity index is 560. The Labute approximate surface area is 112 Å². The minimum atomic E-state index is -0.0436. The lowest BCUT2D eigenvalue weighted by atomic mass is 10.1. The lowest BCUT2D eigenvalue weighted by Gasteiger charge is -2.07. The van der Waals surface area contributed by atoms with Crippen LogP contribution >= 0.6 is 11.8 Å². The Morgan fingerprint density at radius 2 is 2.00 bits per heavy atom. The van der Waals surface area contributed by atoms with Crippen molar-refractivity contribution in [2.24, 2.45) is 0 Å². The number of thioether (sulfide) groups is 1. The van der Waals surface area contributed by atoms with E-state index in [9.17, 15) is 0 Å². The maximum Gasteiger partial charge on any atom is 0.0958 e. The lowest BCUT2D eigenvalue weighted by molar-refractivity contribution is 0.663. The number of nitriles is 1. The summed E-state index contributed by atoms with van der Waals surface area (Å²) < 4.78 is 0. The molecule has 1 unspecified atom stereocenters. The molecule has 1 atom stereocenters. The highest BCUT2D eigenvalue weighted by atomic mass is 32.2. The Hall–Kier alpha value is -1.50. The van der Waals surface area contributed by atoms with E-state index in [0.717, 1.165) is 12.2 Å². The van der Waals surface area contributed by atoms with Crippen LogP contribution in [0.25, 0.3) is 10.8 Å². The third-order valence-electron chi connectivity index (χ3n) is 2.90. The van der Waals surface area contributed by atoms with Gasteiger partial charge in [-0.05, 0) is 36.4 Å². The van der Waals surface area contributed by atoms with Crippen molar-refractivity contribution < 1.29 is 0 Å². The molecule has 2 nitrogen and oxygen atoms in total. The summed E-state index contributed by atoms with van der Waals surface area (Å²) in [5, 5.41) is 14.4. The molecule has 0 heterocycles. The van der Waals surface area contributed by atoms with Crippen LogP contribution in [-0.4, -0.2) is 18.8 Å². The van der Waals surface area contributed by atoms with Crippen molar-refractivity contribution in [3.63, 3.8) is 0 Å². The smallest absolute Gasteiger partial charge is 0.0958 e. The number of fused-ring (bicyclic) bond motifs is 1. The van der Waals surface area contributed by atoms with E-state index in [2.05, 4.69) is 53.9 Å². The van der Waals surface area contributed by atoms with Crippen LogP contribution in [0.1, 0.15) is 6.42 Å². The fourth-order valence-corrected chi connectivity index (χ4v) is 2.79. The molecule has 1 N–H and O–H groups in total. The van der Waals surface area contributed by atoms with Crippen LogP contribution in [0.2, 0.25) is 0 Å². The summed E-state index contributed by atoms with van der Waals surface area (Å²) in [6.45, 7) is 0. The number of benzene rings is 2. The van der Waals surface area contributed by atoms with Crippen LogP contribution in [0.4, 0.5) is 0 Å².